The smallest absolute Gasteiger partial charge is 0.251 e. The number of amides is 1. The summed E-state index contributed by atoms with van der Waals surface area (Å²) >= 11 is 0. The number of nitriles is 1. The zero-order chi connectivity index (χ0) is 30.0. The van der Waals surface area contributed by atoms with Crippen molar-refractivity contribution in [2.75, 3.05) is 20.1 Å². The van der Waals surface area contributed by atoms with E-state index in [2.05, 4.69) is 23.6 Å². The summed E-state index contributed by atoms with van der Waals surface area (Å²) < 4.78 is 54.1. The Kier molecular flexibility index (Phi) is 11.5. The van der Waals surface area contributed by atoms with E-state index in [9.17, 15) is 27.1 Å². The first-order valence-corrected chi connectivity index (χ1v) is 14.6. The molecule has 11 heteroatoms. The first-order chi connectivity index (χ1) is 19.5. The van der Waals surface area contributed by atoms with Crippen molar-refractivity contribution < 1.29 is 27.1 Å². The molecule has 41 heavy (non-hydrogen) atoms. The van der Waals surface area contributed by atoms with E-state index < -0.39 is 39.7 Å². The number of aliphatic hydroxyl groups excluding tert-OH is 1. The van der Waals surface area contributed by atoms with Crippen LogP contribution in [0.2, 0.25) is 0 Å². The molecule has 0 aliphatic rings. The molecule has 0 aromatic heterocycles. The lowest BCUT2D eigenvalue weighted by Gasteiger charge is -2.25. The van der Waals surface area contributed by atoms with Crippen LogP contribution in [-0.4, -0.2) is 56.0 Å². The van der Waals surface area contributed by atoms with Gasteiger partial charge in [0, 0.05) is 44.7 Å². The number of nitrogens with one attached hydrogen (secondary N) is 2. The highest BCUT2D eigenvalue weighted by Gasteiger charge is 2.24. The second-order valence-electron chi connectivity index (χ2n) is 9.69. The van der Waals surface area contributed by atoms with Crippen LogP contribution in [0.1, 0.15) is 40.4 Å². The van der Waals surface area contributed by atoms with E-state index in [1.807, 2.05) is 24.3 Å². The van der Waals surface area contributed by atoms with Crippen molar-refractivity contribution in [3.63, 3.8) is 0 Å². The van der Waals surface area contributed by atoms with Gasteiger partial charge in [0.15, 0.2) is 0 Å². The number of aliphatic hydroxyl groups is 1. The molecule has 0 saturated heterocycles. The highest BCUT2D eigenvalue weighted by molar-refractivity contribution is 7.89. The van der Waals surface area contributed by atoms with E-state index in [1.54, 1.807) is 0 Å². The van der Waals surface area contributed by atoms with Gasteiger partial charge in [0.1, 0.15) is 11.6 Å². The van der Waals surface area contributed by atoms with Gasteiger partial charge >= 0.3 is 0 Å². The van der Waals surface area contributed by atoms with Gasteiger partial charge in [0.2, 0.25) is 10.0 Å². The molecule has 3 aromatic carbocycles. The number of nitrogens with zero attached hydrogens (tertiary/aromatic N) is 2. The number of sulfonamides is 1. The van der Waals surface area contributed by atoms with E-state index in [4.69, 9.17) is 5.26 Å². The highest BCUT2D eigenvalue weighted by atomic mass is 32.2. The van der Waals surface area contributed by atoms with Crippen LogP contribution in [0.5, 0.6) is 0 Å². The van der Waals surface area contributed by atoms with Crippen LogP contribution in [0.4, 0.5) is 8.78 Å². The van der Waals surface area contributed by atoms with Crippen LogP contribution in [-0.2, 0) is 29.4 Å². The third-order valence-corrected chi connectivity index (χ3v) is 8.48. The Labute approximate surface area is 239 Å². The lowest BCUT2D eigenvalue weighted by molar-refractivity contribution is 0.0829. The molecule has 0 saturated carbocycles. The summed E-state index contributed by atoms with van der Waals surface area (Å²) in [5.41, 5.74) is 2.59. The number of halogens is 2. The number of rotatable bonds is 14. The summed E-state index contributed by atoms with van der Waals surface area (Å²) in [4.78, 5) is 13.1. The van der Waals surface area contributed by atoms with Crippen molar-refractivity contribution in [2.45, 2.75) is 49.8 Å². The molecule has 3 N–H and O–H groups in total. The molecule has 218 valence electrons. The second-order valence-corrected chi connectivity index (χ2v) is 11.7. The number of carbonyl (C=O) groups is 1. The van der Waals surface area contributed by atoms with Gasteiger partial charge in [0.05, 0.1) is 23.1 Å². The van der Waals surface area contributed by atoms with E-state index in [-0.39, 0.29) is 42.0 Å². The third kappa shape index (κ3) is 9.16. The van der Waals surface area contributed by atoms with E-state index in [0.29, 0.717) is 6.54 Å². The molecule has 0 spiro atoms. The van der Waals surface area contributed by atoms with Gasteiger partial charge in [-0.25, -0.2) is 17.2 Å². The van der Waals surface area contributed by atoms with Crippen LogP contribution in [0.3, 0.4) is 0 Å². The number of aryl methyl sites for hydroxylation is 1. The summed E-state index contributed by atoms with van der Waals surface area (Å²) in [5.74, 6) is -2.14. The van der Waals surface area contributed by atoms with Crippen molar-refractivity contribution in [3.8, 4) is 6.07 Å². The fourth-order valence-corrected chi connectivity index (χ4v) is 5.44. The minimum atomic E-state index is -3.85. The molecule has 1 amide bonds. The average Bonchev–Trinajstić information content (AvgIpc) is 2.95. The zero-order valence-electron chi connectivity index (χ0n) is 23.0. The van der Waals surface area contributed by atoms with Crippen LogP contribution < -0.4 is 10.6 Å². The largest absolute Gasteiger partial charge is 0.390 e. The number of benzene rings is 3. The average molecular weight is 585 g/mol. The van der Waals surface area contributed by atoms with Crippen molar-refractivity contribution in [1.82, 2.24) is 14.9 Å². The second kappa shape index (κ2) is 14.8. The molecule has 0 radical (unpaired) electrons. The van der Waals surface area contributed by atoms with Gasteiger partial charge in [-0.05, 0) is 65.9 Å². The van der Waals surface area contributed by atoms with Gasteiger partial charge in [-0.15, -0.1) is 0 Å². The summed E-state index contributed by atoms with van der Waals surface area (Å²) in [6, 6.07) is 17.2. The predicted octanol–water partition coefficient (Wildman–Crippen LogP) is 3.55. The minimum absolute atomic E-state index is 0.0272. The molecule has 3 rings (SSSR count). The Morgan fingerprint density at radius 2 is 1.68 bits per heavy atom. The SMILES string of the molecule is CCc1cccc(CNCC(O)C(Cc2cc(F)cc(F)c2)NC(=O)c2ccc(S(=O)(=O)N(C)CCC#N)cc2)c1. The molecule has 0 aliphatic carbocycles. The van der Waals surface area contributed by atoms with Crippen LogP contribution in [0.25, 0.3) is 0 Å². The first-order valence-electron chi connectivity index (χ1n) is 13.2. The topological polar surface area (TPSA) is 123 Å². The molecule has 0 fully saturated rings. The molecule has 8 nitrogen and oxygen atoms in total. The summed E-state index contributed by atoms with van der Waals surface area (Å²) in [6.45, 7) is 2.64. The van der Waals surface area contributed by atoms with Gasteiger partial charge in [-0.1, -0.05) is 31.2 Å². The molecule has 0 aliphatic heterocycles. The molecule has 3 aromatic rings. The third-order valence-electron chi connectivity index (χ3n) is 6.60. The van der Waals surface area contributed by atoms with Crippen molar-refractivity contribution in [1.29, 1.82) is 5.26 Å². The maximum atomic E-state index is 13.8. The summed E-state index contributed by atoms with van der Waals surface area (Å²) in [7, 11) is -2.48. The molecule has 2 unspecified atom stereocenters. The van der Waals surface area contributed by atoms with Crippen LogP contribution in [0, 0.1) is 23.0 Å². The molecule has 0 bridgehead atoms. The number of carbonyl (C=O) groups excluding carboxylic acids is 1. The maximum Gasteiger partial charge on any atom is 0.251 e. The highest BCUT2D eigenvalue weighted by Crippen LogP contribution is 2.17. The molecule has 2 atom stereocenters. The summed E-state index contributed by atoms with van der Waals surface area (Å²) in [6.07, 6.45) is -0.243. The quantitative estimate of drug-likeness (QED) is 0.266. The monoisotopic (exact) mass is 584 g/mol. The van der Waals surface area contributed by atoms with Gasteiger partial charge < -0.3 is 15.7 Å². The van der Waals surface area contributed by atoms with E-state index in [0.717, 1.165) is 34.5 Å². The Morgan fingerprint density at radius 1 is 1.02 bits per heavy atom. The number of hydrogen-bond acceptors (Lipinski definition) is 6. The molecular formula is C30H34F2N4O4S. The van der Waals surface area contributed by atoms with Crippen molar-refractivity contribution in [3.05, 3.63) is 101 Å². The van der Waals surface area contributed by atoms with Gasteiger partial charge in [0.25, 0.3) is 5.91 Å². The Bertz CT molecular complexity index is 1460. The van der Waals surface area contributed by atoms with Crippen molar-refractivity contribution >= 4 is 15.9 Å². The fourth-order valence-electron chi connectivity index (χ4n) is 4.27. The Hall–Kier alpha value is -3.69. The lowest BCUT2D eigenvalue weighted by atomic mass is 10.00. The standard InChI is InChI=1S/C30H34F2N4O4S/c1-3-21-6-4-7-22(14-21)19-34-20-29(37)28(17-23-15-25(31)18-26(32)16-23)35-30(38)24-8-10-27(11-9-24)41(39,40)36(2)13-5-12-33/h4,6-11,14-16,18,28-29,34,37H,3,5,13,17,19-20H2,1-2H3,(H,35,38). The lowest BCUT2D eigenvalue weighted by Crippen LogP contribution is -2.48. The van der Waals surface area contributed by atoms with E-state index in [1.165, 1.54) is 36.9 Å². The first kappa shape index (κ1) is 31.8. The molecule has 0 heterocycles. The van der Waals surface area contributed by atoms with Gasteiger partial charge in [-0.3, -0.25) is 4.79 Å². The molecular weight excluding hydrogens is 550 g/mol. The Morgan fingerprint density at radius 3 is 2.32 bits per heavy atom. The normalized spacial score (nSPS) is 13.0. The maximum absolute atomic E-state index is 13.8. The summed E-state index contributed by atoms with van der Waals surface area (Å²) in [5, 5.41) is 25.6. The van der Waals surface area contributed by atoms with Crippen LogP contribution in [0.15, 0.2) is 71.6 Å². The fraction of sp³-hybridized carbons (Fsp3) is 0.333. The number of hydrogen-bond donors (Lipinski definition) is 3. The minimum Gasteiger partial charge on any atom is -0.390 e. The van der Waals surface area contributed by atoms with Gasteiger partial charge in [-0.2, -0.15) is 9.57 Å². The Balaban J connectivity index is 1.74. The predicted molar refractivity (Wildman–Crippen MR) is 151 cm³/mol. The van der Waals surface area contributed by atoms with E-state index >= 15 is 0 Å². The van der Waals surface area contributed by atoms with Crippen molar-refractivity contribution in [2.24, 2.45) is 0 Å². The van der Waals surface area contributed by atoms with Crippen LogP contribution >= 0.6 is 0 Å². The zero-order valence-corrected chi connectivity index (χ0v) is 23.8.